The van der Waals surface area contributed by atoms with Gasteiger partial charge in [-0.3, -0.25) is 4.90 Å². The van der Waals surface area contributed by atoms with Crippen molar-refractivity contribution in [2.75, 3.05) is 26.9 Å². The van der Waals surface area contributed by atoms with Gasteiger partial charge < -0.3 is 14.2 Å². The molecule has 0 radical (unpaired) electrons. The lowest BCUT2D eigenvalue weighted by Gasteiger charge is -2.33. The van der Waals surface area contributed by atoms with Gasteiger partial charge in [0.05, 0.1) is 13.2 Å². The highest BCUT2D eigenvalue weighted by atomic mass is 16.6. The Morgan fingerprint density at radius 2 is 1.88 bits per heavy atom. The van der Waals surface area contributed by atoms with Crippen LogP contribution in [0.4, 0.5) is 4.79 Å². The topological polar surface area (TPSA) is 65.1 Å². The van der Waals surface area contributed by atoms with E-state index >= 15 is 0 Å². The summed E-state index contributed by atoms with van der Waals surface area (Å²) in [6.45, 7) is 4.38. The van der Waals surface area contributed by atoms with E-state index < -0.39 is 17.8 Å². The largest absolute Gasteiger partial charge is 0.462 e. The predicted octanol–water partition coefficient (Wildman–Crippen LogP) is 1.14. The van der Waals surface area contributed by atoms with Gasteiger partial charge in [0, 0.05) is 20.1 Å². The van der Waals surface area contributed by atoms with Crippen LogP contribution in [0.15, 0.2) is 0 Å². The van der Waals surface area contributed by atoms with Crippen molar-refractivity contribution < 1.29 is 23.8 Å². The Morgan fingerprint density at radius 1 is 1.24 bits per heavy atom. The third-order valence-electron chi connectivity index (χ3n) is 2.75. The van der Waals surface area contributed by atoms with Gasteiger partial charge >= 0.3 is 12.1 Å². The van der Waals surface area contributed by atoms with Gasteiger partial charge in [0.1, 0.15) is 0 Å². The van der Waals surface area contributed by atoms with Crippen LogP contribution in [0.5, 0.6) is 0 Å². The maximum absolute atomic E-state index is 11.9. The summed E-state index contributed by atoms with van der Waals surface area (Å²) in [5.74, 6) is -0.534. The SMILES string of the molecule is CCOC(=O)N1CCC[C@@]1(OC)C(=O)OCC. The highest BCUT2D eigenvalue weighted by Crippen LogP contribution is 2.32. The number of carbonyl (C=O) groups excluding carboxylic acids is 2. The summed E-state index contributed by atoms with van der Waals surface area (Å²) >= 11 is 0. The van der Waals surface area contributed by atoms with Crippen LogP contribution in [0.2, 0.25) is 0 Å². The van der Waals surface area contributed by atoms with E-state index in [1.807, 2.05) is 0 Å². The molecule has 1 aliphatic heterocycles. The van der Waals surface area contributed by atoms with Gasteiger partial charge in [-0.15, -0.1) is 0 Å². The number of esters is 1. The number of nitrogens with zero attached hydrogens (tertiary/aromatic N) is 1. The van der Waals surface area contributed by atoms with E-state index in [1.54, 1.807) is 13.8 Å². The Kier molecular flexibility index (Phi) is 4.74. The van der Waals surface area contributed by atoms with Crippen LogP contribution in [-0.2, 0) is 19.0 Å². The normalized spacial score (nSPS) is 23.6. The number of ether oxygens (including phenoxy) is 3. The minimum absolute atomic E-state index is 0.251. The van der Waals surface area contributed by atoms with Crippen LogP contribution >= 0.6 is 0 Å². The van der Waals surface area contributed by atoms with Crippen molar-refractivity contribution in [3.8, 4) is 0 Å². The van der Waals surface area contributed by atoms with Crippen molar-refractivity contribution in [3.05, 3.63) is 0 Å². The highest BCUT2D eigenvalue weighted by Gasteiger charge is 2.52. The van der Waals surface area contributed by atoms with Crippen LogP contribution in [0, 0.1) is 0 Å². The second kappa shape index (κ2) is 5.86. The molecule has 1 fully saturated rings. The number of amides is 1. The summed E-state index contributed by atoms with van der Waals surface area (Å²) < 4.78 is 15.1. The Bertz CT molecular complexity index is 294. The smallest absolute Gasteiger partial charge is 0.412 e. The van der Waals surface area contributed by atoms with Crippen LogP contribution < -0.4 is 0 Å². The Balaban J connectivity index is 2.88. The third-order valence-corrected chi connectivity index (χ3v) is 2.75. The van der Waals surface area contributed by atoms with Gasteiger partial charge in [-0.05, 0) is 20.3 Å². The first kappa shape index (κ1) is 13.8. The molecule has 0 spiro atoms. The monoisotopic (exact) mass is 245 g/mol. The molecule has 1 amide bonds. The molecule has 0 saturated carbocycles. The predicted molar refractivity (Wildman–Crippen MR) is 59.3 cm³/mol. The van der Waals surface area contributed by atoms with Crippen LogP contribution in [0.3, 0.4) is 0 Å². The fourth-order valence-electron chi connectivity index (χ4n) is 1.98. The second-order valence-electron chi connectivity index (χ2n) is 3.66. The van der Waals surface area contributed by atoms with Gasteiger partial charge in [0.25, 0.3) is 0 Å². The Morgan fingerprint density at radius 3 is 2.41 bits per heavy atom. The molecule has 0 aromatic rings. The lowest BCUT2D eigenvalue weighted by Crippen LogP contribution is -2.55. The van der Waals surface area contributed by atoms with Crippen molar-refractivity contribution in [2.24, 2.45) is 0 Å². The first-order valence-corrected chi connectivity index (χ1v) is 5.79. The number of likely N-dealkylation sites (tertiary alicyclic amines) is 1. The maximum atomic E-state index is 11.9. The molecular formula is C11H19NO5. The molecule has 17 heavy (non-hydrogen) atoms. The first-order valence-electron chi connectivity index (χ1n) is 5.79. The van der Waals surface area contributed by atoms with Crippen molar-refractivity contribution in [2.45, 2.75) is 32.4 Å². The number of rotatable bonds is 4. The van der Waals surface area contributed by atoms with E-state index in [2.05, 4.69) is 0 Å². The van der Waals surface area contributed by atoms with Crippen molar-refractivity contribution >= 4 is 12.1 Å². The molecular weight excluding hydrogens is 226 g/mol. The van der Waals surface area contributed by atoms with Crippen LogP contribution in [0.1, 0.15) is 26.7 Å². The number of methoxy groups -OCH3 is 1. The molecule has 1 heterocycles. The fourth-order valence-corrected chi connectivity index (χ4v) is 1.98. The van der Waals surface area contributed by atoms with Crippen LogP contribution in [-0.4, -0.2) is 49.6 Å². The van der Waals surface area contributed by atoms with E-state index in [4.69, 9.17) is 14.2 Å². The molecule has 1 saturated heterocycles. The summed E-state index contributed by atoms with van der Waals surface area (Å²) in [7, 11) is 1.40. The molecule has 98 valence electrons. The average molecular weight is 245 g/mol. The van der Waals surface area contributed by atoms with Gasteiger partial charge in [0.2, 0.25) is 5.72 Å². The zero-order chi connectivity index (χ0) is 12.9. The zero-order valence-electron chi connectivity index (χ0n) is 10.5. The quantitative estimate of drug-likeness (QED) is 0.695. The molecule has 1 rings (SSSR count). The zero-order valence-corrected chi connectivity index (χ0v) is 10.5. The maximum Gasteiger partial charge on any atom is 0.412 e. The summed E-state index contributed by atoms with van der Waals surface area (Å²) in [5.41, 5.74) is -1.32. The molecule has 0 aromatic heterocycles. The molecule has 6 nitrogen and oxygen atoms in total. The molecule has 0 N–H and O–H groups in total. The minimum Gasteiger partial charge on any atom is -0.462 e. The summed E-state index contributed by atoms with van der Waals surface area (Å²) in [5, 5.41) is 0. The molecule has 0 bridgehead atoms. The molecule has 0 unspecified atom stereocenters. The van der Waals surface area contributed by atoms with Gasteiger partial charge in [-0.1, -0.05) is 0 Å². The van der Waals surface area contributed by atoms with Crippen molar-refractivity contribution in [3.63, 3.8) is 0 Å². The van der Waals surface area contributed by atoms with E-state index in [9.17, 15) is 9.59 Å². The van der Waals surface area contributed by atoms with E-state index in [1.165, 1.54) is 12.0 Å². The van der Waals surface area contributed by atoms with Crippen molar-refractivity contribution in [1.29, 1.82) is 0 Å². The van der Waals surface area contributed by atoms with E-state index in [0.29, 0.717) is 19.4 Å². The average Bonchev–Trinajstić information content (AvgIpc) is 2.74. The molecule has 0 aliphatic carbocycles. The Hall–Kier alpha value is -1.30. The third kappa shape index (κ3) is 2.52. The molecule has 1 atom stereocenters. The lowest BCUT2D eigenvalue weighted by atomic mass is 10.1. The summed E-state index contributed by atoms with van der Waals surface area (Å²) in [6, 6.07) is 0. The van der Waals surface area contributed by atoms with E-state index in [0.717, 1.165) is 0 Å². The van der Waals surface area contributed by atoms with Gasteiger partial charge in [-0.2, -0.15) is 0 Å². The second-order valence-corrected chi connectivity index (χ2v) is 3.66. The first-order chi connectivity index (χ1) is 8.12. The number of hydrogen-bond donors (Lipinski definition) is 0. The summed E-state index contributed by atoms with van der Waals surface area (Å²) in [6.07, 6.45) is 0.576. The summed E-state index contributed by atoms with van der Waals surface area (Å²) in [4.78, 5) is 25.0. The number of hydrogen-bond acceptors (Lipinski definition) is 5. The molecule has 6 heteroatoms. The lowest BCUT2D eigenvalue weighted by molar-refractivity contribution is -0.185. The van der Waals surface area contributed by atoms with Crippen LogP contribution in [0.25, 0.3) is 0 Å². The Labute approximate surface area is 101 Å². The standard InChI is InChI=1S/C11H19NO5/c1-4-16-9(13)11(15-3)7-6-8-12(11)10(14)17-5-2/h4-8H2,1-3H3/t11-/m1/s1. The van der Waals surface area contributed by atoms with Crippen molar-refractivity contribution in [1.82, 2.24) is 4.90 Å². The van der Waals surface area contributed by atoms with Gasteiger partial charge in [-0.25, -0.2) is 9.59 Å². The fraction of sp³-hybridized carbons (Fsp3) is 0.818. The minimum atomic E-state index is -1.32. The number of carbonyl (C=O) groups is 2. The van der Waals surface area contributed by atoms with E-state index in [-0.39, 0.29) is 13.2 Å². The highest BCUT2D eigenvalue weighted by molar-refractivity contribution is 5.85. The molecule has 0 aromatic carbocycles. The van der Waals surface area contributed by atoms with Gasteiger partial charge in [0.15, 0.2) is 0 Å². The molecule has 1 aliphatic rings.